The van der Waals surface area contributed by atoms with Crippen LogP contribution >= 0.6 is 0 Å². The van der Waals surface area contributed by atoms with Gasteiger partial charge in [0.15, 0.2) is 0 Å². The first kappa shape index (κ1) is 28.5. The molecule has 1 aliphatic carbocycles. The summed E-state index contributed by atoms with van der Waals surface area (Å²) in [7, 11) is 1.54. The Bertz CT molecular complexity index is 1130. The molecular weight excluding hydrogens is 510 g/mol. The molecule has 1 unspecified atom stereocenters. The quantitative estimate of drug-likeness (QED) is 0.416. The van der Waals surface area contributed by atoms with Crippen molar-refractivity contribution in [2.24, 2.45) is 28.6 Å². The van der Waals surface area contributed by atoms with Crippen molar-refractivity contribution in [3.8, 4) is 0 Å². The third-order valence-electron chi connectivity index (χ3n) is 9.47. The van der Waals surface area contributed by atoms with Crippen LogP contribution in [-0.2, 0) is 30.5 Å². The molecule has 0 radical (unpaired) electrons. The monoisotopic (exact) mass is 553 g/mol. The van der Waals surface area contributed by atoms with Gasteiger partial charge in [0.1, 0.15) is 6.04 Å². The topological polar surface area (TPSA) is 120 Å². The van der Waals surface area contributed by atoms with Crippen LogP contribution in [-0.4, -0.2) is 91.9 Å². The molecule has 1 aromatic carbocycles. The van der Waals surface area contributed by atoms with Gasteiger partial charge in [-0.05, 0) is 37.3 Å². The number of hydrogen-bond acceptors (Lipinski definition) is 6. The normalized spacial score (nSPS) is 27.6. The summed E-state index contributed by atoms with van der Waals surface area (Å²) < 4.78 is 6.00. The van der Waals surface area contributed by atoms with Crippen molar-refractivity contribution in [2.45, 2.75) is 52.4 Å². The zero-order valence-corrected chi connectivity index (χ0v) is 24.1. The standard InChI is InChI=1S/C30H43N5O5/c1-19(40-15-20-8-6-5-7-9-20)24(26(37)31-4)33-25(36)23-14-34(27(38)21-10-11-32-13-21)16-30(23)17-35(18-30)28(39)22-12-29(22,2)3/h5-9,19,21-24,32H,10-18H2,1-4H3,(H,31,37)(H,33,36)/t19-,21?,22-,23-,24+/m1/s1. The molecule has 1 saturated carbocycles. The van der Waals surface area contributed by atoms with Crippen LogP contribution in [0.4, 0.5) is 0 Å². The molecule has 4 aliphatic rings. The Labute approximate surface area is 236 Å². The van der Waals surface area contributed by atoms with Crippen LogP contribution in [0.5, 0.6) is 0 Å². The average Bonchev–Trinajstić information content (AvgIpc) is 3.30. The summed E-state index contributed by atoms with van der Waals surface area (Å²) in [6.45, 7) is 9.40. The second kappa shape index (κ2) is 11.1. The summed E-state index contributed by atoms with van der Waals surface area (Å²) in [6.07, 6.45) is 1.09. The number of ether oxygens (including phenoxy) is 1. The zero-order chi connectivity index (χ0) is 28.7. The molecule has 4 amide bonds. The van der Waals surface area contributed by atoms with Crippen molar-refractivity contribution in [2.75, 3.05) is 46.3 Å². The van der Waals surface area contributed by atoms with E-state index in [0.717, 1.165) is 24.9 Å². The molecular formula is C30H43N5O5. The van der Waals surface area contributed by atoms with Gasteiger partial charge < -0.3 is 30.5 Å². The van der Waals surface area contributed by atoms with Crippen molar-refractivity contribution in [1.29, 1.82) is 0 Å². The maximum Gasteiger partial charge on any atom is 0.245 e. The largest absolute Gasteiger partial charge is 0.371 e. The highest BCUT2D eigenvalue weighted by Gasteiger charge is 2.62. The summed E-state index contributed by atoms with van der Waals surface area (Å²) in [5.41, 5.74) is 0.488. The fraction of sp³-hybridized carbons (Fsp3) is 0.667. The van der Waals surface area contributed by atoms with E-state index in [1.807, 2.05) is 40.1 Å². The molecule has 218 valence electrons. The van der Waals surface area contributed by atoms with Gasteiger partial charge in [0.25, 0.3) is 0 Å². The lowest BCUT2D eigenvalue weighted by Gasteiger charge is -2.50. The van der Waals surface area contributed by atoms with Crippen molar-refractivity contribution in [3.63, 3.8) is 0 Å². The van der Waals surface area contributed by atoms with E-state index in [1.54, 1.807) is 6.92 Å². The zero-order valence-electron chi connectivity index (χ0n) is 24.1. The van der Waals surface area contributed by atoms with Crippen molar-refractivity contribution >= 4 is 23.6 Å². The maximum absolute atomic E-state index is 13.9. The lowest BCUT2D eigenvalue weighted by Crippen LogP contribution is -2.65. The van der Waals surface area contributed by atoms with E-state index in [1.165, 1.54) is 7.05 Å². The number of nitrogens with one attached hydrogen (secondary N) is 3. The molecule has 3 N–H and O–H groups in total. The fourth-order valence-corrected chi connectivity index (χ4v) is 6.62. The van der Waals surface area contributed by atoms with E-state index in [9.17, 15) is 19.2 Å². The lowest BCUT2D eigenvalue weighted by atomic mass is 9.70. The van der Waals surface area contributed by atoms with Gasteiger partial charge in [0.05, 0.1) is 24.5 Å². The van der Waals surface area contributed by atoms with Crippen LogP contribution in [0.2, 0.25) is 0 Å². The molecule has 1 spiro atoms. The highest BCUT2D eigenvalue weighted by Crippen LogP contribution is 2.54. The van der Waals surface area contributed by atoms with E-state index in [2.05, 4.69) is 29.8 Å². The molecule has 1 aromatic rings. The smallest absolute Gasteiger partial charge is 0.245 e. The fourth-order valence-electron chi connectivity index (χ4n) is 6.62. The van der Waals surface area contributed by atoms with Gasteiger partial charge in [-0.1, -0.05) is 44.2 Å². The summed E-state index contributed by atoms with van der Waals surface area (Å²) >= 11 is 0. The first-order chi connectivity index (χ1) is 19.0. The van der Waals surface area contributed by atoms with Gasteiger partial charge in [-0.25, -0.2) is 0 Å². The third kappa shape index (κ3) is 5.61. The molecule has 0 bridgehead atoms. The van der Waals surface area contributed by atoms with Gasteiger partial charge >= 0.3 is 0 Å². The molecule has 3 heterocycles. The molecule has 0 aromatic heterocycles. The molecule has 3 aliphatic heterocycles. The van der Waals surface area contributed by atoms with Crippen LogP contribution in [0.1, 0.15) is 39.2 Å². The minimum Gasteiger partial charge on any atom is -0.371 e. The number of hydrogen-bond donors (Lipinski definition) is 3. The van der Waals surface area contributed by atoms with Crippen molar-refractivity contribution < 1.29 is 23.9 Å². The van der Waals surface area contributed by atoms with Gasteiger partial charge in [0, 0.05) is 51.1 Å². The van der Waals surface area contributed by atoms with Crippen LogP contribution < -0.4 is 16.0 Å². The van der Waals surface area contributed by atoms with Crippen LogP contribution in [0.25, 0.3) is 0 Å². The van der Waals surface area contributed by atoms with E-state index in [-0.39, 0.29) is 47.4 Å². The van der Waals surface area contributed by atoms with E-state index >= 15 is 0 Å². The van der Waals surface area contributed by atoms with Gasteiger partial charge in [-0.2, -0.15) is 0 Å². The molecule has 5 rings (SSSR count). The second-order valence-corrected chi connectivity index (χ2v) is 12.9. The van der Waals surface area contributed by atoms with Gasteiger partial charge in [-0.3, -0.25) is 19.2 Å². The van der Waals surface area contributed by atoms with Gasteiger partial charge in [-0.15, -0.1) is 0 Å². The number of benzene rings is 1. The van der Waals surface area contributed by atoms with E-state index < -0.39 is 23.5 Å². The Morgan fingerprint density at radius 1 is 1.05 bits per heavy atom. The average molecular weight is 554 g/mol. The highest BCUT2D eigenvalue weighted by atomic mass is 16.5. The maximum atomic E-state index is 13.9. The van der Waals surface area contributed by atoms with Crippen molar-refractivity contribution in [1.82, 2.24) is 25.8 Å². The number of rotatable bonds is 9. The van der Waals surface area contributed by atoms with Crippen molar-refractivity contribution in [3.05, 3.63) is 35.9 Å². The van der Waals surface area contributed by atoms with Crippen LogP contribution in [0.3, 0.4) is 0 Å². The Kier molecular flexibility index (Phi) is 7.94. The van der Waals surface area contributed by atoms with Gasteiger partial charge in [0.2, 0.25) is 23.6 Å². The number of likely N-dealkylation sites (N-methyl/N-ethyl adjacent to an activating group) is 1. The summed E-state index contributed by atoms with van der Waals surface area (Å²) in [5.74, 6) is -0.985. The Morgan fingerprint density at radius 3 is 2.33 bits per heavy atom. The second-order valence-electron chi connectivity index (χ2n) is 12.9. The number of likely N-dealkylation sites (tertiary alicyclic amines) is 2. The predicted molar refractivity (Wildman–Crippen MR) is 149 cm³/mol. The SMILES string of the molecule is CNC(=O)[C@@H](NC(=O)[C@H]1CN(C(=O)C2CCNC2)CC12CN(C(=O)[C@H]1CC1(C)C)C2)[C@@H](C)OCc1ccccc1. The molecule has 10 heteroatoms. The lowest BCUT2D eigenvalue weighted by molar-refractivity contribution is -0.152. The summed E-state index contributed by atoms with van der Waals surface area (Å²) in [6, 6.07) is 8.77. The number of amides is 4. The molecule has 5 atom stereocenters. The summed E-state index contributed by atoms with van der Waals surface area (Å²) in [5, 5.41) is 8.86. The van der Waals surface area contributed by atoms with Crippen LogP contribution in [0.15, 0.2) is 30.3 Å². The Balaban J connectivity index is 1.29. The van der Waals surface area contributed by atoms with E-state index in [0.29, 0.717) is 32.8 Å². The minimum atomic E-state index is -0.896. The molecule has 40 heavy (non-hydrogen) atoms. The Morgan fingerprint density at radius 2 is 1.73 bits per heavy atom. The number of nitrogens with zero attached hydrogens (tertiary/aromatic N) is 2. The Hall–Kier alpha value is -2.98. The first-order valence-electron chi connectivity index (χ1n) is 14.5. The minimum absolute atomic E-state index is 0.0282. The number of carbonyl (C=O) groups is 4. The first-order valence-corrected chi connectivity index (χ1v) is 14.5. The molecule has 4 fully saturated rings. The molecule has 10 nitrogen and oxygen atoms in total. The summed E-state index contributed by atoms with van der Waals surface area (Å²) in [4.78, 5) is 56.9. The third-order valence-corrected chi connectivity index (χ3v) is 9.47. The van der Waals surface area contributed by atoms with E-state index in [4.69, 9.17) is 4.74 Å². The highest BCUT2D eigenvalue weighted by molar-refractivity contribution is 5.91. The molecule has 3 saturated heterocycles. The number of carbonyl (C=O) groups excluding carboxylic acids is 4. The van der Waals surface area contributed by atoms with Crippen LogP contribution in [0, 0.1) is 28.6 Å². The predicted octanol–water partition coefficient (Wildman–Crippen LogP) is 0.765.